The van der Waals surface area contributed by atoms with E-state index in [2.05, 4.69) is 56.3 Å². The Balaban J connectivity index is 1.32. The van der Waals surface area contributed by atoms with E-state index in [1.54, 1.807) is 0 Å². The first-order valence-corrected chi connectivity index (χ1v) is 15.3. The molecule has 0 heterocycles. The van der Waals surface area contributed by atoms with Gasteiger partial charge in [0.2, 0.25) is 0 Å². The van der Waals surface area contributed by atoms with Gasteiger partial charge >= 0.3 is 0 Å². The van der Waals surface area contributed by atoms with Crippen LogP contribution in [0.3, 0.4) is 0 Å². The lowest BCUT2D eigenvalue weighted by atomic mass is 9.72. The van der Waals surface area contributed by atoms with Crippen molar-refractivity contribution in [1.82, 2.24) is 0 Å². The van der Waals surface area contributed by atoms with Crippen molar-refractivity contribution in [1.29, 1.82) is 0 Å². The van der Waals surface area contributed by atoms with E-state index in [1.807, 2.05) is 0 Å². The largest absolute Gasteiger partial charge is 0.0802 e. The van der Waals surface area contributed by atoms with Crippen molar-refractivity contribution in [2.45, 2.75) is 136 Å². The van der Waals surface area contributed by atoms with Crippen LogP contribution in [0.25, 0.3) is 5.57 Å². The molecule has 0 aliphatic heterocycles. The van der Waals surface area contributed by atoms with Gasteiger partial charge in [-0.05, 0) is 66.6 Å². The van der Waals surface area contributed by atoms with Crippen LogP contribution < -0.4 is 0 Å². The molecule has 1 unspecified atom stereocenters. The van der Waals surface area contributed by atoms with E-state index < -0.39 is 0 Å². The van der Waals surface area contributed by atoms with Crippen molar-refractivity contribution in [2.24, 2.45) is 17.8 Å². The molecule has 0 radical (unpaired) electrons. The molecule has 2 aliphatic carbocycles. The van der Waals surface area contributed by atoms with Crippen LogP contribution in [0.4, 0.5) is 0 Å². The third-order valence-electron chi connectivity index (χ3n) is 8.70. The molecule has 0 amide bonds. The van der Waals surface area contributed by atoms with Gasteiger partial charge in [0.15, 0.2) is 0 Å². The lowest BCUT2D eigenvalue weighted by molar-refractivity contribution is 0.218. The fourth-order valence-electron chi connectivity index (χ4n) is 6.29. The molecular weight excluding hydrogens is 408 g/mol. The summed E-state index contributed by atoms with van der Waals surface area (Å²) in [5.74, 6) is 2.73. The van der Waals surface area contributed by atoms with Gasteiger partial charge in [0, 0.05) is 0 Å². The Bertz CT molecular complexity index is 698. The molecule has 0 bridgehead atoms. The SMILES string of the molecule is CCCCCCCCc1ccc(C2=CCC(C3CCC(CCCCCCCC)CC3)C=C2)cc1. The minimum Gasteiger partial charge on any atom is -0.0802 e. The van der Waals surface area contributed by atoms with E-state index in [-0.39, 0.29) is 0 Å². The lowest BCUT2D eigenvalue weighted by Gasteiger charge is -2.33. The van der Waals surface area contributed by atoms with Gasteiger partial charge in [-0.25, -0.2) is 0 Å². The van der Waals surface area contributed by atoms with Crippen molar-refractivity contribution in [3.05, 3.63) is 53.6 Å². The van der Waals surface area contributed by atoms with Crippen LogP contribution in [0.2, 0.25) is 0 Å². The predicted octanol–water partition coefficient (Wildman–Crippen LogP) is 11.1. The average molecular weight is 463 g/mol. The van der Waals surface area contributed by atoms with Crippen molar-refractivity contribution in [3.8, 4) is 0 Å². The Labute approximate surface area is 212 Å². The Morgan fingerprint density at radius 3 is 1.91 bits per heavy atom. The summed E-state index contributed by atoms with van der Waals surface area (Å²) in [6.45, 7) is 4.60. The molecule has 0 aromatic heterocycles. The lowest BCUT2D eigenvalue weighted by Crippen LogP contribution is -2.21. The second kappa shape index (κ2) is 16.4. The van der Waals surface area contributed by atoms with Crippen LogP contribution in [-0.2, 0) is 6.42 Å². The third kappa shape index (κ3) is 9.75. The van der Waals surface area contributed by atoms with Crippen molar-refractivity contribution >= 4 is 5.57 Å². The molecular formula is C34H54. The Morgan fingerprint density at radius 1 is 0.676 bits per heavy atom. The van der Waals surface area contributed by atoms with Crippen LogP contribution >= 0.6 is 0 Å². The molecule has 1 saturated carbocycles. The van der Waals surface area contributed by atoms with Crippen molar-refractivity contribution < 1.29 is 0 Å². The summed E-state index contributed by atoms with van der Waals surface area (Å²) in [5, 5.41) is 0. The molecule has 1 aromatic rings. The molecule has 0 spiro atoms. The number of aryl methyl sites for hydroxylation is 1. The number of hydrogen-bond donors (Lipinski definition) is 0. The Hall–Kier alpha value is -1.30. The normalized spacial score (nSPS) is 22.6. The highest BCUT2D eigenvalue weighted by molar-refractivity contribution is 5.75. The highest BCUT2D eigenvalue weighted by atomic mass is 14.3. The monoisotopic (exact) mass is 462 g/mol. The van der Waals surface area contributed by atoms with E-state index in [0.29, 0.717) is 0 Å². The first-order chi connectivity index (χ1) is 16.8. The molecule has 3 rings (SSSR count). The quantitative estimate of drug-likeness (QED) is 0.214. The zero-order chi connectivity index (χ0) is 23.8. The first kappa shape index (κ1) is 27.3. The van der Waals surface area contributed by atoms with E-state index in [9.17, 15) is 0 Å². The first-order valence-electron chi connectivity index (χ1n) is 15.3. The van der Waals surface area contributed by atoms with E-state index >= 15 is 0 Å². The molecule has 0 N–H and O–H groups in total. The van der Waals surface area contributed by atoms with Gasteiger partial charge in [-0.15, -0.1) is 0 Å². The van der Waals surface area contributed by atoms with Crippen LogP contribution in [0, 0.1) is 17.8 Å². The topological polar surface area (TPSA) is 0 Å². The van der Waals surface area contributed by atoms with Crippen molar-refractivity contribution in [2.75, 3.05) is 0 Å². The summed E-state index contributed by atoms with van der Waals surface area (Å²) in [5.41, 5.74) is 4.36. The smallest absolute Gasteiger partial charge is 0.0167 e. The van der Waals surface area contributed by atoms with Crippen LogP contribution in [-0.4, -0.2) is 0 Å². The molecule has 2 aliphatic rings. The molecule has 1 aromatic carbocycles. The summed E-state index contributed by atoms with van der Waals surface area (Å²) in [6.07, 6.45) is 34.4. The predicted molar refractivity (Wildman–Crippen MR) is 152 cm³/mol. The molecule has 1 fully saturated rings. The van der Waals surface area contributed by atoms with Gasteiger partial charge < -0.3 is 0 Å². The third-order valence-corrected chi connectivity index (χ3v) is 8.70. The highest BCUT2D eigenvalue weighted by Crippen LogP contribution is 2.39. The number of hydrogen-bond acceptors (Lipinski definition) is 0. The number of unbranched alkanes of at least 4 members (excludes halogenated alkanes) is 10. The number of rotatable bonds is 16. The van der Waals surface area contributed by atoms with Gasteiger partial charge in [0.1, 0.15) is 0 Å². The maximum atomic E-state index is 2.55. The average Bonchev–Trinajstić information content (AvgIpc) is 2.89. The molecule has 190 valence electrons. The number of benzene rings is 1. The molecule has 0 saturated heterocycles. The standard InChI is InChI=1S/C34H54/c1-3-5-7-9-11-13-15-29-17-21-31(22-18-29)33-25-27-34(28-26-33)32-23-19-30(20-24-32)16-14-12-10-8-6-4-2/h17-18,21-22,25-27,30,32,34H,3-16,19-20,23-24,28H2,1-2H3. The zero-order valence-electron chi connectivity index (χ0n) is 22.7. The molecule has 0 nitrogen and oxygen atoms in total. The number of allylic oxidation sites excluding steroid dienone is 4. The Kier molecular flexibility index (Phi) is 13.2. The van der Waals surface area contributed by atoms with Gasteiger partial charge in [-0.2, -0.15) is 0 Å². The van der Waals surface area contributed by atoms with Gasteiger partial charge in [0.05, 0.1) is 0 Å². The Morgan fingerprint density at radius 2 is 1.29 bits per heavy atom. The minimum atomic E-state index is 0.783. The second-order valence-electron chi connectivity index (χ2n) is 11.5. The van der Waals surface area contributed by atoms with E-state index in [0.717, 1.165) is 17.8 Å². The highest BCUT2D eigenvalue weighted by Gasteiger charge is 2.26. The molecule has 1 atom stereocenters. The van der Waals surface area contributed by atoms with Gasteiger partial charge in [0.25, 0.3) is 0 Å². The molecule has 34 heavy (non-hydrogen) atoms. The maximum absolute atomic E-state index is 2.55. The summed E-state index contributed by atoms with van der Waals surface area (Å²) < 4.78 is 0. The maximum Gasteiger partial charge on any atom is -0.0167 e. The summed E-state index contributed by atoms with van der Waals surface area (Å²) in [6, 6.07) is 9.45. The summed E-state index contributed by atoms with van der Waals surface area (Å²) in [7, 11) is 0. The zero-order valence-corrected chi connectivity index (χ0v) is 22.7. The summed E-state index contributed by atoms with van der Waals surface area (Å²) >= 11 is 0. The van der Waals surface area contributed by atoms with Crippen molar-refractivity contribution in [3.63, 3.8) is 0 Å². The second-order valence-corrected chi connectivity index (χ2v) is 11.5. The van der Waals surface area contributed by atoms with Crippen LogP contribution in [0.15, 0.2) is 42.5 Å². The van der Waals surface area contributed by atoms with E-state index in [4.69, 9.17) is 0 Å². The van der Waals surface area contributed by atoms with Gasteiger partial charge in [-0.1, -0.05) is 146 Å². The fourth-order valence-corrected chi connectivity index (χ4v) is 6.29. The fraction of sp³-hybridized carbons (Fsp3) is 0.706. The van der Waals surface area contributed by atoms with Crippen LogP contribution in [0.1, 0.15) is 141 Å². The van der Waals surface area contributed by atoms with Crippen LogP contribution in [0.5, 0.6) is 0 Å². The molecule has 0 heteroatoms. The van der Waals surface area contributed by atoms with Gasteiger partial charge in [-0.3, -0.25) is 0 Å². The minimum absolute atomic E-state index is 0.783. The van der Waals surface area contributed by atoms with E-state index in [1.165, 1.54) is 139 Å². The summed E-state index contributed by atoms with van der Waals surface area (Å²) in [4.78, 5) is 0.